The van der Waals surface area contributed by atoms with Crippen molar-refractivity contribution in [1.29, 1.82) is 0 Å². The van der Waals surface area contributed by atoms with Gasteiger partial charge < -0.3 is 0 Å². The zero-order valence-electron chi connectivity index (χ0n) is 8.39. The summed E-state index contributed by atoms with van der Waals surface area (Å²) >= 11 is 0. The van der Waals surface area contributed by atoms with Crippen molar-refractivity contribution < 1.29 is 0 Å². The summed E-state index contributed by atoms with van der Waals surface area (Å²) in [6.07, 6.45) is 13.3. The first-order chi connectivity index (χ1) is 5.93. The zero-order valence-corrected chi connectivity index (χ0v) is 9.28. The lowest BCUT2D eigenvalue weighted by molar-refractivity contribution is 0.511. The van der Waals surface area contributed by atoms with Crippen molar-refractivity contribution in [1.82, 2.24) is 0 Å². The van der Waals surface area contributed by atoms with E-state index in [9.17, 15) is 0 Å². The van der Waals surface area contributed by atoms with Crippen molar-refractivity contribution in [3.05, 3.63) is 0 Å². The maximum atomic E-state index is 2.30. The third kappa shape index (κ3) is 4.45. The predicted octanol–water partition coefficient (Wildman–Crippen LogP) is 4.46. The molecule has 1 aliphatic rings. The minimum absolute atomic E-state index is 1.06. The molecule has 0 aliphatic heterocycles. The molecular formula is C11H22P. The summed E-state index contributed by atoms with van der Waals surface area (Å²) < 4.78 is 0. The topological polar surface area (TPSA) is 0 Å². The molecule has 1 fully saturated rings. The van der Waals surface area contributed by atoms with Crippen molar-refractivity contribution in [3.8, 4) is 0 Å². The van der Waals surface area contributed by atoms with Crippen LogP contribution in [0.3, 0.4) is 0 Å². The van der Waals surface area contributed by atoms with E-state index in [4.69, 9.17) is 0 Å². The Bertz CT molecular complexity index is 90.4. The molecule has 1 saturated carbocycles. The highest BCUT2D eigenvalue weighted by atomic mass is 31.1. The van der Waals surface area contributed by atoms with Crippen molar-refractivity contribution in [2.75, 3.05) is 6.16 Å². The lowest BCUT2D eigenvalue weighted by Gasteiger charge is -2.18. The van der Waals surface area contributed by atoms with Crippen LogP contribution in [0.15, 0.2) is 0 Å². The van der Waals surface area contributed by atoms with Gasteiger partial charge in [-0.2, -0.15) is 0 Å². The van der Waals surface area contributed by atoms with Gasteiger partial charge in [0, 0.05) is 0 Å². The van der Waals surface area contributed by atoms with Crippen molar-refractivity contribution in [2.24, 2.45) is 0 Å². The van der Waals surface area contributed by atoms with Crippen molar-refractivity contribution in [3.63, 3.8) is 0 Å². The first-order valence-electron chi connectivity index (χ1n) is 5.60. The van der Waals surface area contributed by atoms with Crippen LogP contribution >= 0.6 is 8.58 Å². The molecule has 12 heavy (non-hydrogen) atoms. The summed E-state index contributed by atoms with van der Waals surface area (Å²) in [4.78, 5) is 0. The van der Waals surface area contributed by atoms with E-state index in [2.05, 4.69) is 6.92 Å². The highest BCUT2D eigenvalue weighted by Crippen LogP contribution is 2.31. The minimum Gasteiger partial charge on any atom is -0.0775 e. The highest BCUT2D eigenvalue weighted by molar-refractivity contribution is 7.38. The number of hydrogen-bond acceptors (Lipinski definition) is 0. The average Bonchev–Trinajstić information content (AvgIpc) is 2.02. The second-order valence-corrected chi connectivity index (χ2v) is 5.45. The molecule has 0 saturated heterocycles. The number of rotatable bonds is 3. The van der Waals surface area contributed by atoms with Crippen LogP contribution in [0.2, 0.25) is 0 Å². The van der Waals surface area contributed by atoms with Crippen LogP contribution in [0.1, 0.15) is 58.3 Å². The Morgan fingerprint density at radius 2 is 1.58 bits per heavy atom. The van der Waals surface area contributed by atoms with Gasteiger partial charge in [0.2, 0.25) is 0 Å². The van der Waals surface area contributed by atoms with E-state index in [1.165, 1.54) is 57.5 Å². The maximum Gasteiger partial charge on any atom is -0.0170 e. The lowest BCUT2D eigenvalue weighted by Crippen LogP contribution is -2.04. The molecule has 1 radical (unpaired) electrons. The molecule has 0 aromatic carbocycles. The Balaban J connectivity index is 2.11. The predicted molar refractivity (Wildman–Crippen MR) is 58.2 cm³/mol. The summed E-state index contributed by atoms with van der Waals surface area (Å²) in [6.45, 7) is 2.30. The summed E-state index contributed by atoms with van der Waals surface area (Å²) in [5.41, 5.74) is 1.06. The molecule has 0 N–H and O–H groups in total. The standard InChI is InChI=1S/C11H22P/c1-2-10-12-11-8-6-4-3-5-7-9-11/h11H,2-10H2,1H3. The van der Waals surface area contributed by atoms with Gasteiger partial charge in [-0.3, -0.25) is 0 Å². The fourth-order valence-electron chi connectivity index (χ4n) is 1.93. The Labute approximate surface area is 79.3 Å². The van der Waals surface area contributed by atoms with Gasteiger partial charge in [0.1, 0.15) is 0 Å². The molecular weight excluding hydrogens is 163 g/mol. The average molecular weight is 185 g/mol. The zero-order chi connectivity index (χ0) is 8.65. The molecule has 1 aliphatic carbocycles. The van der Waals surface area contributed by atoms with E-state index >= 15 is 0 Å². The van der Waals surface area contributed by atoms with Crippen LogP contribution in [0.25, 0.3) is 0 Å². The van der Waals surface area contributed by atoms with Gasteiger partial charge in [0.15, 0.2) is 0 Å². The largest absolute Gasteiger partial charge is 0.0775 e. The van der Waals surface area contributed by atoms with Gasteiger partial charge in [0.05, 0.1) is 0 Å². The Morgan fingerprint density at radius 1 is 1.00 bits per heavy atom. The van der Waals surface area contributed by atoms with E-state index in [-0.39, 0.29) is 0 Å². The molecule has 1 heteroatoms. The van der Waals surface area contributed by atoms with E-state index < -0.39 is 0 Å². The van der Waals surface area contributed by atoms with E-state index in [1.807, 2.05) is 0 Å². The fraction of sp³-hybridized carbons (Fsp3) is 1.00. The van der Waals surface area contributed by atoms with Crippen molar-refractivity contribution >= 4 is 8.58 Å². The molecule has 0 aromatic heterocycles. The van der Waals surface area contributed by atoms with Gasteiger partial charge in [0.25, 0.3) is 0 Å². The van der Waals surface area contributed by atoms with Crippen LogP contribution in [-0.2, 0) is 0 Å². The van der Waals surface area contributed by atoms with Crippen LogP contribution in [-0.4, -0.2) is 11.8 Å². The summed E-state index contributed by atoms with van der Waals surface area (Å²) in [5, 5.41) is 0. The lowest BCUT2D eigenvalue weighted by atomic mass is 10.0. The van der Waals surface area contributed by atoms with E-state index in [0.717, 1.165) is 5.66 Å². The van der Waals surface area contributed by atoms with E-state index in [0.29, 0.717) is 0 Å². The molecule has 0 heterocycles. The maximum absolute atomic E-state index is 2.30. The Hall–Kier alpha value is 0.430. The second kappa shape index (κ2) is 6.89. The molecule has 0 amide bonds. The second-order valence-electron chi connectivity index (χ2n) is 3.91. The van der Waals surface area contributed by atoms with Gasteiger partial charge in [-0.1, -0.05) is 54.0 Å². The van der Waals surface area contributed by atoms with Crippen LogP contribution < -0.4 is 0 Å². The third-order valence-electron chi connectivity index (χ3n) is 2.69. The monoisotopic (exact) mass is 185 g/mol. The SMILES string of the molecule is CCC[P]C1CCCCCCC1. The molecule has 1 rings (SSSR count). The van der Waals surface area contributed by atoms with Gasteiger partial charge in [-0.25, -0.2) is 0 Å². The molecule has 0 atom stereocenters. The first kappa shape index (κ1) is 10.5. The molecule has 0 nitrogen and oxygen atoms in total. The van der Waals surface area contributed by atoms with Crippen molar-refractivity contribution in [2.45, 2.75) is 63.9 Å². The normalized spacial score (nSPS) is 22.8. The third-order valence-corrected chi connectivity index (χ3v) is 4.42. The van der Waals surface area contributed by atoms with Gasteiger partial charge in [-0.05, 0) is 24.7 Å². The molecule has 0 aromatic rings. The Kier molecular flexibility index (Phi) is 6.04. The van der Waals surface area contributed by atoms with Crippen LogP contribution in [0, 0.1) is 0 Å². The van der Waals surface area contributed by atoms with Crippen LogP contribution in [0.4, 0.5) is 0 Å². The summed E-state index contributed by atoms with van der Waals surface area (Å²) in [7, 11) is 1.75. The Morgan fingerprint density at radius 3 is 2.17 bits per heavy atom. The van der Waals surface area contributed by atoms with Crippen LogP contribution in [0.5, 0.6) is 0 Å². The van der Waals surface area contributed by atoms with Gasteiger partial charge >= 0.3 is 0 Å². The smallest absolute Gasteiger partial charge is 0.0170 e. The molecule has 71 valence electrons. The van der Waals surface area contributed by atoms with Gasteiger partial charge in [-0.15, -0.1) is 0 Å². The quantitative estimate of drug-likeness (QED) is 0.569. The summed E-state index contributed by atoms with van der Waals surface area (Å²) in [5.74, 6) is 0. The summed E-state index contributed by atoms with van der Waals surface area (Å²) in [6, 6.07) is 0. The molecule has 0 spiro atoms. The number of hydrogen-bond donors (Lipinski definition) is 0. The molecule has 0 unspecified atom stereocenters. The van der Waals surface area contributed by atoms with E-state index in [1.54, 1.807) is 8.58 Å². The fourth-order valence-corrected chi connectivity index (χ4v) is 3.28. The first-order valence-corrected chi connectivity index (χ1v) is 6.75. The highest BCUT2D eigenvalue weighted by Gasteiger charge is 2.10. The minimum atomic E-state index is 1.06. The molecule has 0 bridgehead atoms.